The fourth-order valence-electron chi connectivity index (χ4n) is 2.25. The van der Waals surface area contributed by atoms with Gasteiger partial charge in [-0.2, -0.15) is 0 Å². The van der Waals surface area contributed by atoms with Crippen LogP contribution >= 0.6 is 0 Å². The molecule has 22 heavy (non-hydrogen) atoms. The van der Waals surface area contributed by atoms with E-state index in [0.29, 0.717) is 12.1 Å². The predicted molar refractivity (Wildman–Crippen MR) is 85.2 cm³/mol. The number of nitrogens with zero attached hydrogens (tertiary/aromatic N) is 2. The molecular formula is C14H30N4O4. The van der Waals surface area contributed by atoms with Crippen molar-refractivity contribution in [1.29, 1.82) is 0 Å². The summed E-state index contributed by atoms with van der Waals surface area (Å²) in [5.41, 5.74) is 0. The molecule has 0 radical (unpaired) electrons. The van der Waals surface area contributed by atoms with Crippen LogP contribution in [0.15, 0.2) is 0 Å². The minimum atomic E-state index is -1.82. The molecule has 0 saturated carbocycles. The summed E-state index contributed by atoms with van der Waals surface area (Å²) in [5, 5.41) is 21.5. The van der Waals surface area contributed by atoms with E-state index in [1.807, 2.05) is 0 Å². The summed E-state index contributed by atoms with van der Waals surface area (Å²) in [6.07, 6.45) is 0. The van der Waals surface area contributed by atoms with E-state index < -0.39 is 11.9 Å². The molecule has 130 valence electrons. The second kappa shape index (κ2) is 11.4. The Morgan fingerprint density at radius 3 is 1.32 bits per heavy atom. The first kappa shape index (κ1) is 20.8. The molecule has 2 rings (SSSR count). The highest BCUT2D eigenvalue weighted by molar-refractivity contribution is 6.27. The van der Waals surface area contributed by atoms with Crippen LogP contribution in [-0.4, -0.2) is 97.4 Å². The van der Waals surface area contributed by atoms with Gasteiger partial charge in [-0.25, -0.2) is 9.59 Å². The summed E-state index contributed by atoms with van der Waals surface area (Å²) in [5.74, 6) is -3.65. The second-order valence-electron chi connectivity index (χ2n) is 5.85. The van der Waals surface area contributed by atoms with Crippen molar-refractivity contribution in [3.05, 3.63) is 0 Å². The molecule has 2 aliphatic rings. The van der Waals surface area contributed by atoms with E-state index in [9.17, 15) is 0 Å². The van der Waals surface area contributed by atoms with E-state index in [2.05, 4.69) is 48.4 Å². The summed E-state index contributed by atoms with van der Waals surface area (Å²) in [6.45, 7) is 11.5. The Bertz CT molecular complexity index is 293. The molecule has 0 aromatic carbocycles. The molecule has 0 spiro atoms. The van der Waals surface area contributed by atoms with Crippen molar-refractivity contribution >= 4 is 11.9 Å². The number of carbonyl (C=O) groups is 2. The molecule has 2 fully saturated rings. The maximum Gasteiger partial charge on any atom is 0.414 e. The summed E-state index contributed by atoms with van der Waals surface area (Å²) < 4.78 is 0. The Labute approximate surface area is 132 Å². The average molecular weight is 318 g/mol. The van der Waals surface area contributed by atoms with E-state index in [1.165, 1.54) is 26.2 Å². The SMILES string of the molecule is C[C@@H]1CN(C)CCN1.C[C@@H]1CN(C)CCN1.O=C(O)C(=O)O. The van der Waals surface area contributed by atoms with Gasteiger partial charge in [-0.1, -0.05) is 0 Å². The number of likely N-dealkylation sites (N-methyl/N-ethyl adjacent to an activating group) is 2. The summed E-state index contributed by atoms with van der Waals surface area (Å²) in [4.78, 5) is 22.9. The van der Waals surface area contributed by atoms with Gasteiger partial charge in [0.2, 0.25) is 0 Å². The molecule has 8 heteroatoms. The molecule has 2 atom stereocenters. The van der Waals surface area contributed by atoms with Crippen LogP contribution in [0.3, 0.4) is 0 Å². The van der Waals surface area contributed by atoms with Crippen molar-refractivity contribution in [2.24, 2.45) is 0 Å². The molecule has 8 nitrogen and oxygen atoms in total. The van der Waals surface area contributed by atoms with Crippen molar-refractivity contribution in [3.8, 4) is 0 Å². The maximum absolute atomic E-state index is 9.10. The van der Waals surface area contributed by atoms with Gasteiger partial charge in [0.15, 0.2) is 0 Å². The van der Waals surface area contributed by atoms with Crippen LogP contribution in [0.1, 0.15) is 13.8 Å². The Hall–Kier alpha value is -1.22. The lowest BCUT2D eigenvalue weighted by Gasteiger charge is -2.28. The zero-order valence-electron chi connectivity index (χ0n) is 14.0. The smallest absolute Gasteiger partial charge is 0.414 e. The van der Waals surface area contributed by atoms with Crippen molar-refractivity contribution in [2.45, 2.75) is 25.9 Å². The van der Waals surface area contributed by atoms with E-state index in [4.69, 9.17) is 19.8 Å². The topological polar surface area (TPSA) is 105 Å². The zero-order chi connectivity index (χ0) is 17.1. The molecule has 4 N–H and O–H groups in total. The van der Waals surface area contributed by atoms with Gasteiger partial charge in [-0.05, 0) is 27.9 Å². The molecule has 2 heterocycles. The van der Waals surface area contributed by atoms with Crippen LogP contribution in [0.5, 0.6) is 0 Å². The third-order valence-corrected chi connectivity index (χ3v) is 3.33. The number of nitrogens with one attached hydrogen (secondary N) is 2. The van der Waals surface area contributed by atoms with Gasteiger partial charge in [0.05, 0.1) is 0 Å². The van der Waals surface area contributed by atoms with Crippen LogP contribution in [0.25, 0.3) is 0 Å². The van der Waals surface area contributed by atoms with Crippen LogP contribution in [-0.2, 0) is 9.59 Å². The fraction of sp³-hybridized carbons (Fsp3) is 0.857. The maximum atomic E-state index is 9.10. The van der Waals surface area contributed by atoms with Gasteiger partial charge in [0.1, 0.15) is 0 Å². The third kappa shape index (κ3) is 11.4. The monoisotopic (exact) mass is 318 g/mol. The Balaban J connectivity index is 0.000000306. The first-order valence-electron chi connectivity index (χ1n) is 7.52. The fourth-order valence-corrected chi connectivity index (χ4v) is 2.25. The number of carboxylic acids is 2. The molecular weight excluding hydrogens is 288 g/mol. The molecule has 2 aliphatic heterocycles. The van der Waals surface area contributed by atoms with Gasteiger partial charge in [0.25, 0.3) is 0 Å². The highest BCUT2D eigenvalue weighted by Crippen LogP contribution is 1.93. The van der Waals surface area contributed by atoms with Crippen molar-refractivity contribution in [1.82, 2.24) is 20.4 Å². The predicted octanol–water partition coefficient (Wildman–Crippen LogP) is -1.02. The van der Waals surface area contributed by atoms with Crippen LogP contribution in [0, 0.1) is 0 Å². The normalized spacial score (nSPS) is 26.0. The first-order valence-corrected chi connectivity index (χ1v) is 7.52. The second-order valence-corrected chi connectivity index (χ2v) is 5.85. The molecule has 0 aliphatic carbocycles. The average Bonchev–Trinajstić information content (AvgIpc) is 2.39. The Kier molecular flexibility index (Phi) is 10.7. The summed E-state index contributed by atoms with van der Waals surface area (Å²) in [7, 11) is 4.33. The number of rotatable bonds is 0. The molecule has 0 amide bonds. The number of carboxylic acid groups (broad SMARTS) is 2. The highest BCUT2D eigenvalue weighted by atomic mass is 16.4. The van der Waals surface area contributed by atoms with Gasteiger partial charge in [0, 0.05) is 51.4 Å². The minimum absolute atomic E-state index is 0.689. The van der Waals surface area contributed by atoms with Gasteiger partial charge < -0.3 is 30.6 Å². The van der Waals surface area contributed by atoms with Crippen LogP contribution < -0.4 is 10.6 Å². The molecule has 0 unspecified atom stereocenters. The van der Waals surface area contributed by atoms with Crippen LogP contribution in [0.2, 0.25) is 0 Å². The summed E-state index contributed by atoms with van der Waals surface area (Å²) in [6, 6.07) is 1.38. The van der Waals surface area contributed by atoms with E-state index in [-0.39, 0.29) is 0 Å². The highest BCUT2D eigenvalue weighted by Gasteiger charge is 2.10. The van der Waals surface area contributed by atoms with E-state index in [1.54, 1.807) is 0 Å². The van der Waals surface area contributed by atoms with Crippen molar-refractivity contribution in [3.63, 3.8) is 0 Å². The van der Waals surface area contributed by atoms with Gasteiger partial charge >= 0.3 is 11.9 Å². The van der Waals surface area contributed by atoms with E-state index in [0.717, 1.165) is 13.1 Å². The lowest BCUT2D eigenvalue weighted by Crippen LogP contribution is -2.47. The van der Waals surface area contributed by atoms with Crippen molar-refractivity contribution in [2.75, 3.05) is 53.4 Å². The van der Waals surface area contributed by atoms with E-state index >= 15 is 0 Å². The largest absolute Gasteiger partial charge is 0.473 e. The third-order valence-electron chi connectivity index (χ3n) is 3.33. The lowest BCUT2D eigenvalue weighted by molar-refractivity contribution is -0.159. The Morgan fingerprint density at radius 2 is 1.18 bits per heavy atom. The lowest BCUT2D eigenvalue weighted by atomic mass is 10.2. The number of hydrogen-bond donors (Lipinski definition) is 4. The first-order chi connectivity index (χ1) is 10.2. The Morgan fingerprint density at radius 1 is 0.864 bits per heavy atom. The molecule has 0 bridgehead atoms. The number of hydrogen-bond acceptors (Lipinski definition) is 6. The van der Waals surface area contributed by atoms with Crippen molar-refractivity contribution < 1.29 is 19.8 Å². The standard InChI is InChI=1S/2C6H14N2.C2H2O4/c2*1-6-5-8(2)4-3-7-6;3-1(4)2(5)6/h2*6-7H,3-5H2,1-2H3;(H,3,4)(H,5,6)/t2*6-;/m11./s1. The molecule has 2 saturated heterocycles. The molecule has 0 aromatic heterocycles. The molecule has 0 aromatic rings. The minimum Gasteiger partial charge on any atom is -0.473 e. The van der Waals surface area contributed by atoms with Gasteiger partial charge in [-0.3, -0.25) is 0 Å². The summed E-state index contributed by atoms with van der Waals surface area (Å²) >= 11 is 0. The van der Waals surface area contributed by atoms with Gasteiger partial charge in [-0.15, -0.1) is 0 Å². The van der Waals surface area contributed by atoms with Crippen LogP contribution in [0.4, 0.5) is 0 Å². The quantitative estimate of drug-likeness (QED) is 0.421. The zero-order valence-corrected chi connectivity index (χ0v) is 14.0. The number of piperazine rings is 2. The number of aliphatic carboxylic acids is 2.